The molecule has 0 spiro atoms. The number of aromatic nitrogens is 5. The van der Waals surface area contributed by atoms with Gasteiger partial charge >= 0.3 is 0 Å². The standard InChI is InChI=1S/C19H25N7/c1-19(2,3)18-22-21-16-6-7-17(23-26(16)18)25-11-9-24(10-12-25)14-15-5-4-8-20-13-15/h4-8,13H,9-12,14H2,1-3H3. The number of hydrogen-bond donors (Lipinski definition) is 0. The predicted molar refractivity (Wildman–Crippen MR) is 101 cm³/mol. The van der Waals surface area contributed by atoms with Crippen molar-refractivity contribution < 1.29 is 0 Å². The first-order valence-corrected chi connectivity index (χ1v) is 9.10. The minimum absolute atomic E-state index is 0.0898. The van der Waals surface area contributed by atoms with E-state index in [-0.39, 0.29) is 5.41 Å². The van der Waals surface area contributed by atoms with Crippen molar-refractivity contribution in [2.24, 2.45) is 0 Å². The zero-order valence-electron chi connectivity index (χ0n) is 15.6. The molecule has 136 valence electrons. The summed E-state index contributed by atoms with van der Waals surface area (Å²) in [5, 5.41) is 13.4. The molecule has 0 bridgehead atoms. The second kappa shape index (κ2) is 6.64. The number of piperazine rings is 1. The Morgan fingerprint density at radius 1 is 1.00 bits per heavy atom. The lowest BCUT2D eigenvalue weighted by atomic mass is 9.96. The van der Waals surface area contributed by atoms with Crippen LogP contribution in [0.2, 0.25) is 0 Å². The fraction of sp³-hybridized carbons (Fsp3) is 0.474. The molecule has 0 aromatic carbocycles. The van der Waals surface area contributed by atoms with Crippen LogP contribution in [0.1, 0.15) is 32.2 Å². The Morgan fingerprint density at radius 2 is 1.81 bits per heavy atom. The van der Waals surface area contributed by atoms with Crippen molar-refractivity contribution in [2.75, 3.05) is 31.1 Å². The maximum Gasteiger partial charge on any atom is 0.178 e. The first kappa shape index (κ1) is 16.9. The molecule has 0 amide bonds. The molecule has 1 fully saturated rings. The van der Waals surface area contributed by atoms with Crippen LogP contribution >= 0.6 is 0 Å². The zero-order valence-corrected chi connectivity index (χ0v) is 15.6. The molecular weight excluding hydrogens is 326 g/mol. The van der Waals surface area contributed by atoms with E-state index in [1.54, 1.807) is 0 Å². The van der Waals surface area contributed by atoms with Crippen LogP contribution < -0.4 is 4.90 Å². The predicted octanol–water partition coefficient (Wildman–Crippen LogP) is 2.14. The maximum atomic E-state index is 4.82. The van der Waals surface area contributed by atoms with E-state index < -0.39 is 0 Å². The minimum Gasteiger partial charge on any atom is -0.353 e. The van der Waals surface area contributed by atoms with Gasteiger partial charge < -0.3 is 4.90 Å². The van der Waals surface area contributed by atoms with Gasteiger partial charge in [0.1, 0.15) is 5.82 Å². The van der Waals surface area contributed by atoms with Gasteiger partial charge in [0.2, 0.25) is 0 Å². The van der Waals surface area contributed by atoms with E-state index in [1.807, 2.05) is 35.1 Å². The average Bonchev–Trinajstić information content (AvgIpc) is 3.07. The molecule has 0 unspecified atom stereocenters. The Morgan fingerprint density at radius 3 is 2.50 bits per heavy atom. The third-order valence-corrected chi connectivity index (χ3v) is 4.74. The topological polar surface area (TPSA) is 62.5 Å². The number of fused-ring (bicyclic) bond motifs is 1. The van der Waals surface area contributed by atoms with E-state index in [2.05, 4.69) is 51.8 Å². The van der Waals surface area contributed by atoms with Crippen molar-refractivity contribution in [1.29, 1.82) is 0 Å². The summed E-state index contributed by atoms with van der Waals surface area (Å²) in [5.74, 6) is 1.88. The van der Waals surface area contributed by atoms with Crippen LogP contribution in [0, 0.1) is 0 Å². The molecule has 0 N–H and O–H groups in total. The minimum atomic E-state index is -0.0898. The molecule has 0 saturated carbocycles. The molecule has 4 heterocycles. The Bertz CT molecular complexity index is 874. The van der Waals surface area contributed by atoms with Gasteiger partial charge in [-0.3, -0.25) is 9.88 Å². The molecule has 3 aromatic rings. The van der Waals surface area contributed by atoms with Crippen LogP contribution in [0.3, 0.4) is 0 Å². The van der Waals surface area contributed by atoms with Crippen molar-refractivity contribution in [3.63, 3.8) is 0 Å². The van der Waals surface area contributed by atoms with E-state index in [0.717, 1.165) is 50.0 Å². The molecule has 7 heteroatoms. The number of pyridine rings is 1. The summed E-state index contributed by atoms with van der Waals surface area (Å²) >= 11 is 0. The highest BCUT2D eigenvalue weighted by Gasteiger charge is 2.23. The number of nitrogens with zero attached hydrogens (tertiary/aromatic N) is 7. The summed E-state index contributed by atoms with van der Waals surface area (Å²) in [5.41, 5.74) is 1.97. The Hall–Kier alpha value is -2.54. The highest BCUT2D eigenvalue weighted by atomic mass is 15.4. The molecule has 26 heavy (non-hydrogen) atoms. The summed E-state index contributed by atoms with van der Waals surface area (Å²) in [4.78, 5) is 9.01. The van der Waals surface area contributed by atoms with E-state index in [1.165, 1.54) is 5.56 Å². The van der Waals surface area contributed by atoms with E-state index in [0.29, 0.717) is 0 Å². The van der Waals surface area contributed by atoms with Gasteiger partial charge in [0.25, 0.3) is 0 Å². The fourth-order valence-corrected chi connectivity index (χ4v) is 3.30. The first-order chi connectivity index (χ1) is 12.5. The van der Waals surface area contributed by atoms with E-state index >= 15 is 0 Å². The second-order valence-electron chi connectivity index (χ2n) is 7.86. The zero-order chi connectivity index (χ0) is 18.1. The second-order valence-corrected chi connectivity index (χ2v) is 7.86. The summed E-state index contributed by atoms with van der Waals surface area (Å²) in [7, 11) is 0. The van der Waals surface area contributed by atoms with Gasteiger partial charge in [0.15, 0.2) is 11.5 Å². The van der Waals surface area contributed by atoms with Crippen LogP contribution in [0.5, 0.6) is 0 Å². The normalized spacial score (nSPS) is 16.3. The van der Waals surface area contributed by atoms with Crippen LogP contribution in [0.15, 0.2) is 36.7 Å². The molecule has 3 aromatic heterocycles. The summed E-state index contributed by atoms with van der Waals surface area (Å²) in [6, 6.07) is 8.19. The fourth-order valence-electron chi connectivity index (χ4n) is 3.30. The van der Waals surface area contributed by atoms with Gasteiger partial charge in [-0.1, -0.05) is 26.8 Å². The molecule has 0 aliphatic carbocycles. The Balaban J connectivity index is 1.47. The summed E-state index contributed by atoms with van der Waals surface area (Å²) in [6.45, 7) is 11.3. The van der Waals surface area contributed by atoms with Crippen molar-refractivity contribution in [3.05, 3.63) is 48.0 Å². The average molecular weight is 351 g/mol. The summed E-state index contributed by atoms with van der Waals surface area (Å²) in [6.07, 6.45) is 3.77. The lowest BCUT2D eigenvalue weighted by Crippen LogP contribution is -2.46. The quantitative estimate of drug-likeness (QED) is 0.720. The summed E-state index contributed by atoms with van der Waals surface area (Å²) < 4.78 is 1.89. The SMILES string of the molecule is CC(C)(C)c1nnc2ccc(N3CCN(Cc4cccnc4)CC3)nn12. The van der Waals surface area contributed by atoms with Gasteiger partial charge in [-0.2, -0.15) is 4.52 Å². The molecule has 7 nitrogen and oxygen atoms in total. The van der Waals surface area contributed by atoms with Gasteiger partial charge in [-0.25, -0.2) is 0 Å². The molecule has 4 rings (SSSR count). The largest absolute Gasteiger partial charge is 0.353 e. The Kier molecular flexibility index (Phi) is 4.32. The third kappa shape index (κ3) is 3.39. The highest BCUT2D eigenvalue weighted by molar-refractivity contribution is 5.46. The molecular formula is C19H25N7. The monoisotopic (exact) mass is 351 g/mol. The lowest BCUT2D eigenvalue weighted by molar-refractivity contribution is 0.249. The van der Waals surface area contributed by atoms with Gasteiger partial charge in [0, 0.05) is 50.5 Å². The first-order valence-electron chi connectivity index (χ1n) is 9.10. The van der Waals surface area contributed by atoms with Crippen molar-refractivity contribution >= 4 is 11.5 Å². The van der Waals surface area contributed by atoms with Gasteiger partial charge in [0.05, 0.1) is 0 Å². The number of rotatable bonds is 3. The third-order valence-electron chi connectivity index (χ3n) is 4.74. The van der Waals surface area contributed by atoms with Crippen LogP contribution in [-0.2, 0) is 12.0 Å². The van der Waals surface area contributed by atoms with E-state index in [9.17, 15) is 0 Å². The van der Waals surface area contributed by atoms with Crippen molar-refractivity contribution in [2.45, 2.75) is 32.7 Å². The lowest BCUT2D eigenvalue weighted by Gasteiger charge is -2.35. The maximum absolute atomic E-state index is 4.82. The van der Waals surface area contributed by atoms with Crippen molar-refractivity contribution in [3.8, 4) is 0 Å². The Labute approximate surface area is 153 Å². The van der Waals surface area contributed by atoms with E-state index in [4.69, 9.17) is 5.10 Å². The number of anilines is 1. The van der Waals surface area contributed by atoms with Gasteiger partial charge in [-0.05, 0) is 23.8 Å². The molecule has 1 saturated heterocycles. The molecule has 0 radical (unpaired) electrons. The van der Waals surface area contributed by atoms with Crippen LogP contribution in [-0.4, -0.2) is 55.9 Å². The molecule has 1 aliphatic heterocycles. The molecule has 1 aliphatic rings. The smallest absolute Gasteiger partial charge is 0.178 e. The van der Waals surface area contributed by atoms with Crippen LogP contribution in [0.4, 0.5) is 5.82 Å². The molecule has 0 atom stereocenters. The highest BCUT2D eigenvalue weighted by Crippen LogP contribution is 2.22. The van der Waals surface area contributed by atoms with Crippen molar-refractivity contribution in [1.82, 2.24) is 29.7 Å². The number of hydrogen-bond acceptors (Lipinski definition) is 6. The van der Waals surface area contributed by atoms with Crippen LogP contribution in [0.25, 0.3) is 5.65 Å². The van der Waals surface area contributed by atoms with Gasteiger partial charge in [-0.15, -0.1) is 15.3 Å².